The van der Waals surface area contributed by atoms with Gasteiger partial charge in [0.25, 0.3) is 5.91 Å². The summed E-state index contributed by atoms with van der Waals surface area (Å²) in [4.78, 5) is 18.6. The number of H-pyrrole nitrogens is 1. The van der Waals surface area contributed by atoms with Gasteiger partial charge in [-0.1, -0.05) is 24.6 Å². The zero-order valence-corrected chi connectivity index (χ0v) is 14.8. The van der Waals surface area contributed by atoms with Crippen molar-refractivity contribution < 1.29 is 9.18 Å². The molecule has 0 saturated heterocycles. The number of carbonyl (C=O) groups excluding carboxylic acids is 1. The SMILES string of the molecule is CN(Cc1n[nH]c2c1CCCCC2)C(=O)c1ccc2cccc(F)c2n1. The van der Waals surface area contributed by atoms with Crippen molar-refractivity contribution in [3.05, 3.63) is 58.8 Å². The molecule has 5 nitrogen and oxygen atoms in total. The van der Waals surface area contributed by atoms with Crippen LogP contribution in [-0.2, 0) is 19.4 Å². The molecule has 2 aromatic heterocycles. The fourth-order valence-corrected chi connectivity index (χ4v) is 3.58. The Morgan fingerprint density at radius 1 is 1.19 bits per heavy atom. The van der Waals surface area contributed by atoms with Crippen molar-refractivity contribution >= 4 is 16.8 Å². The van der Waals surface area contributed by atoms with Gasteiger partial charge in [-0.25, -0.2) is 9.37 Å². The first kappa shape index (κ1) is 16.7. The number of para-hydroxylation sites is 1. The summed E-state index contributed by atoms with van der Waals surface area (Å²) >= 11 is 0. The number of rotatable bonds is 3. The summed E-state index contributed by atoms with van der Waals surface area (Å²) in [6, 6.07) is 8.14. The number of amides is 1. The topological polar surface area (TPSA) is 61.9 Å². The third-order valence-corrected chi connectivity index (χ3v) is 5.02. The highest BCUT2D eigenvalue weighted by Crippen LogP contribution is 2.23. The average molecular weight is 352 g/mol. The second-order valence-electron chi connectivity index (χ2n) is 6.86. The molecule has 1 N–H and O–H groups in total. The number of pyridine rings is 1. The van der Waals surface area contributed by atoms with E-state index in [0.717, 1.165) is 25.0 Å². The molecule has 0 radical (unpaired) electrons. The zero-order valence-electron chi connectivity index (χ0n) is 14.8. The molecule has 2 heterocycles. The summed E-state index contributed by atoms with van der Waals surface area (Å²) in [5.74, 6) is -0.655. The summed E-state index contributed by atoms with van der Waals surface area (Å²) in [7, 11) is 1.73. The molecule has 0 unspecified atom stereocenters. The lowest BCUT2D eigenvalue weighted by Crippen LogP contribution is -2.27. The van der Waals surface area contributed by atoms with Crippen molar-refractivity contribution in [2.75, 3.05) is 7.05 Å². The molecule has 3 aromatic rings. The number of nitrogens with one attached hydrogen (secondary N) is 1. The van der Waals surface area contributed by atoms with Crippen LogP contribution in [-0.4, -0.2) is 33.0 Å². The van der Waals surface area contributed by atoms with Crippen molar-refractivity contribution in [3.63, 3.8) is 0 Å². The number of halogens is 1. The van der Waals surface area contributed by atoms with Gasteiger partial charge in [0.2, 0.25) is 0 Å². The van der Waals surface area contributed by atoms with Crippen LogP contribution in [0, 0.1) is 5.82 Å². The molecule has 1 aliphatic carbocycles. The molecule has 0 bridgehead atoms. The Bertz CT molecular complexity index is 966. The molecule has 6 heteroatoms. The second-order valence-corrected chi connectivity index (χ2v) is 6.86. The highest BCUT2D eigenvalue weighted by molar-refractivity contribution is 5.94. The highest BCUT2D eigenvalue weighted by Gasteiger charge is 2.20. The Morgan fingerprint density at radius 2 is 2.04 bits per heavy atom. The largest absolute Gasteiger partial charge is 0.334 e. The van der Waals surface area contributed by atoms with Gasteiger partial charge < -0.3 is 4.90 Å². The Kier molecular flexibility index (Phi) is 4.41. The minimum atomic E-state index is -0.419. The first-order chi connectivity index (χ1) is 12.6. The van der Waals surface area contributed by atoms with E-state index in [0.29, 0.717) is 11.9 Å². The van der Waals surface area contributed by atoms with Gasteiger partial charge in [0.15, 0.2) is 0 Å². The maximum atomic E-state index is 14.0. The van der Waals surface area contributed by atoms with Crippen LogP contribution >= 0.6 is 0 Å². The molecule has 0 aliphatic heterocycles. The van der Waals surface area contributed by atoms with Crippen LogP contribution in [0.1, 0.15) is 46.7 Å². The third-order valence-electron chi connectivity index (χ3n) is 5.02. The Balaban J connectivity index is 1.57. The number of hydrogen-bond donors (Lipinski definition) is 1. The lowest BCUT2D eigenvalue weighted by atomic mass is 10.1. The van der Waals surface area contributed by atoms with Crippen LogP contribution < -0.4 is 0 Å². The van der Waals surface area contributed by atoms with Crippen molar-refractivity contribution in [2.45, 2.75) is 38.6 Å². The monoisotopic (exact) mass is 352 g/mol. The molecule has 1 aliphatic rings. The molecule has 0 saturated carbocycles. The van der Waals surface area contributed by atoms with Gasteiger partial charge in [-0.15, -0.1) is 0 Å². The first-order valence-electron chi connectivity index (χ1n) is 8.99. The van der Waals surface area contributed by atoms with E-state index < -0.39 is 5.82 Å². The predicted molar refractivity (Wildman–Crippen MR) is 97.3 cm³/mol. The predicted octanol–water partition coefficient (Wildman–Crippen LogP) is 3.64. The van der Waals surface area contributed by atoms with Crippen LogP contribution in [0.3, 0.4) is 0 Å². The summed E-state index contributed by atoms with van der Waals surface area (Å²) in [5, 5.41) is 8.23. The first-order valence-corrected chi connectivity index (χ1v) is 8.99. The van der Waals surface area contributed by atoms with Crippen LogP contribution in [0.5, 0.6) is 0 Å². The quantitative estimate of drug-likeness (QED) is 0.732. The molecule has 1 amide bonds. The van der Waals surface area contributed by atoms with E-state index >= 15 is 0 Å². The molecular weight excluding hydrogens is 331 g/mol. The summed E-state index contributed by atoms with van der Waals surface area (Å²) in [6.07, 6.45) is 5.58. The van der Waals surface area contributed by atoms with Gasteiger partial charge in [-0.05, 0) is 43.4 Å². The van der Waals surface area contributed by atoms with Crippen molar-refractivity contribution in [2.24, 2.45) is 0 Å². The van der Waals surface area contributed by atoms with E-state index in [2.05, 4.69) is 15.2 Å². The number of hydrogen-bond acceptors (Lipinski definition) is 3. The number of fused-ring (bicyclic) bond motifs is 2. The van der Waals surface area contributed by atoms with Gasteiger partial charge in [0.1, 0.15) is 17.0 Å². The number of aryl methyl sites for hydroxylation is 1. The maximum absolute atomic E-state index is 14.0. The average Bonchev–Trinajstić information content (AvgIpc) is 2.88. The summed E-state index contributed by atoms with van der Waals surface area (Å²) in [5.41, 5.74) is 3.83. The van der Waals surface area contributed by atoms with Gasteiger partial charge in [-0.3, -0.25) is 9.89 Å². The number of carbonyl (C=O) groups is 1. The fourth-order valence-electron chi connectivity index (χ4n) is 3.58. The van der Waals surface area contributed by atoms with Crippen molar-refractivity contribution in [1.29, 1.82) is 0 Å². The zero-order chi connectivity index (χ0) is 18.1. The smallest absolute Gasteiger partial charge is 0.272 e. The Morgan fingerprint density at radius 3 is 2.92 bits per heavy atom. The number of nitrogens with zero attached hydrogens (tertiary/aromatic N) is 3. The molecular formula is C20H21FN4O. The van der Waals surface area contributed by atoms with E-state index in [9.17, 15) is 9.18 Å². The number of aromatic amines is 1. The third kappa shape index (κ3) is 3.07. The van der Waals surface area contributed by atoms with Crippen LogP contribution in [0.4, 0.5) is 4.39 Å². The van der Waals surface area contributed by atoms with E-state index in [1.165, 1.54) is 30.2 Å². The van der Waals surface area contributed by atoms with Gasteiger partial charge in [-0.2, -0.15) is 5.10 Å². The van der Waals surface area contributed by atoms with E-state index in [-0.39, 0.29) is 17.1 Å². The fraction of sp³-hybridized carbons (Fsp3) is 0.350. The molecule has 134 valence electrons. The van der Waals surface area contributed by atoms with E-state index in [1.54, 1.807) is 36.2 Å². The van der Waals surface area contributed by atoms with Crippen LogP contribution in [0.15, 0.2) is 30.3 Å². The molecule has 1 aromatic carbocycles. The van der Waals surface area contributed by atoms with Crippen LogP contribution in [0.2, 0.25) is 0 Å². The minimum Gasteiger partial charge on any atom is -0.334 e. The lowest BCUT2D eigenvalue weighted by Gasteiger charge is -2.16. The van der Waals surface area contributed by atoms with Gasteiger partial charge in [0.05, 0.1) is 12.2 Å². The Hall–Kier alpha value is -2.76. The van der Waals surface area contributed by atoms with E-state index in [4.69, 9.17) is 0 Å². The summed E-state index contributed by atoms with van der Waals surface area (Å²) in [6.45, 7) is 0.418. The van der Waals surface area contributed by atoms with Crippen molar-refractivity contribution in [1.82, 2.24) is 20.1 Å². The normalized spacial score (nSPS) is 14.1. The molecule has 0 atom stereocenters. The lowest BCUT2D eigenvalue weighted by molar-refractivity contribution is 0.0777. The van der Waals surface area contributed by atoms with Gasteiger partial charge in [0, 0.05) is 18.1 Å². The minimum absolute atomic E-state index is 0.223. The summed E-state index contributed by atoms with van der Waals surface area (Å²) < 4.78 is 14.0. The van der Waals surface area contributed by atoms with Crippen LogP contribution in [0.25, 0.3) is 10.9 Å². The standard InChI is InChI=1S/C20H21FN4O/c1-25(12-18-14-7-3-2-4-9-16(14)23-24-18)20(26)17-11-10-13-6-5-8-15(21)19(13)22-17/h5-6,8,10-11H,2-4,7,9,12H2,1H3,(H,23,24). The maximum Gasteiger partial charge on any atom is 0.272 e. The molecule has 0 fully saturated rings. The Labute approximate surface area is 151 Å². The molecule has 4 rings (SSSR count). The van der Waals surface area contributed by atoms with Crippen molar-refractivity contribution in [3.8, 4) is 0 Å². The number of aromatic nitrogens is 3. The van der Waals surface area contributed by atoms with E-state index in [1.807, 2.05) is 0 Å². The molecule has 26 heavy (non-hydrogen) atoms. The second kappa shape index (κ2) is 6.86. The molecule has 0 spiro atoms. The van der Waals surface area contributed by atoms with Gasteiger partial charge >= 0.3 is 0 Å². The highest BCUT2D eigenvalue weighted by atomic mass is 19.1. The number of benzene rings is 1.